The fraction of sp³-hybridized carbons (Fsp3) is 0.500. The minimum Gasteiger partial charge on any atom is -0.352 e. The first-order valence-electron chi connectivity index (χ1n) is 6.62. The molecule has 112 valence electrons. The Morgan fingerprint density at radius 3 is 2.50 bits per heavy atom. The van der Waals surface area contributed by atoms with Crippen molar-refractivity contribution in [2.45, 2.75) is 31.6 Å². The van der Waals surface area contributed by atoms with E-state index in [2.05, 4.69) is 5.32 Å². The van der Waals surface area contributed by atoms with Crippen molar-refractivity contribution in [3.8, 4) is 0 Å². The summed E-state index contributed by atoms with van der Waals surface area (Å²) in [7, 11) is -0.585. The molecule has 0 fully saturated rings. The predicted molar refractivity (Wildman–Crippen MR) is 79.3 cm³/mol. The predicted octanol–water partition coefficient (Wildman–Crippen LogP) is 1.78. The van der Waals surface area contributed by atoms with Crippen LogP contribution in [0.3, 0.4) is 0 Å². The number of nitrogens with zero attached hydrogens (tertiary/aromatic N) is 1. The first-order valence-corrected chi connectivity index (χ1v) is 8.06. The van der Waals surface area contributed by atoms with Gasteiger partial charge in [-0.1, -0.05) is 19.4 Å². The van der Waals surface area contributed by atoms with Crippen LogP contribution in [0.25, 0.3) is 0 Å². The van der Waals surface area contributed by atoms with Crippen molar-refractivity contribution in [3.63, 3.8) is 0 Å². The van der Waals surface area contributed by atoms with E-state index in [1.165, 1.54) is 26.2 Å². The molecule has 0 bridgehead atoms. The summed E-state index contributed by atoms with van der Waals surface area (Å²) in [6.07, 6.45) is 1.90. The number of aryl methyl sites for hydroxylation is 1. The normalized spacial score (nSPS) is 11.7. The van der Waals surface area contributed by atoms with Crippen molar-refractivity contribution in [1.29, 1.82) is 0 Å². The van der Waals surface area contributed by atoms with E-state index in [0.717, 1.165) is 22.7 Å². The quantitative estimate of drug-likeness (QED) is 0.814. The van der Waals surface area contributed by atoms with Crippen LogP contribution in [0, 0.1) is 6.92 Å². The first-order chi connectivity index (χ1) is 9.30. The molecule has 5 nitrogen and oxygen atoms in total. The number of amides is 1. The number of sulfonamides is 1. The number of carbonyl (C=O) groups is 1. The van der Waals surface area contributed by atoms with Crippen LogP contribution >= 0.6 is 0 Å². The molecular formula is C14H22N2O3S. The maximum atomic E-state index is 12.1. The second-order valence-corrected chi connectivity index (χ2v) is 7.03. The van der Waals surface area contributed by atoms with Gasteiger partial charge >= 0.3 is 0 Å². The maximum Gasteiger partial charge on any atom is 0.251 e. The molecule has 1 aromatic rings. The van der Waals surface area contributed by atoms with Crippen molar-refractivity contribution < 1.29 is 13.2 Å². The Hall–Kier alpha value is -1.40. The topological polar surface area (TPSA) is 66.5 Å². The summed E-state index contributed by atoms with van der Waals surface area (Å²) in [5.41, 5.74) is 1.17. The van der Waals surface area contributed by atoms with Gasteiger partial charge < -0.3 is 5.32 Å². The van der Waals surface area contributed by atoms with E-state index in [4.69, 9.17) is 0 Å². The molecule has 1 rings (SSSR count). The van der Waals surface area contributed by atoms with Crippen molar-refractivity contribution >= 4 is 15.9 Å². The fourth-order valence-electron chi connectivity index (χ4n) is 1.69. The Balaban J connectivity index is 3.07. The van der Waals surface area contributed by atoms with E-state index in [1.54, 1.807) is 13.0 Å². The van der Waals surface area contributed by atoms with Crippen LogP contribution in [0.5, 0.6) is 0 Å². The summed E-state index contributed by atoms with van der Waals surface area (Å²) in [5, 5.41) is 2.80. The second kappa shape index (κ2) is 6.85. The molecule has 0 atom stereocenters. The van der Waals surface area contributed by atoms with Crippen LogP contribution in [0.2, 0.25) is 0 Å². The van der Waals surface area contributed by atoms with E-state index in [-0.39, 0.29) is 10.8 Å². The summed E-state index contributed by atoms with van der Waals surface area (Å²) < 4.78 is 25.3. The molecule has 0 saturated carbocycles. The van der Waals surface area contributed by atoms with Crippen molar-refractivity contribution in [3.05, 3.63) is 29.3 Å². The van der Waals surface area contributed by atoms with Crippen LogP contribution in [-0.2, 0) is 10.0 Å². The number of nitrogens with one attached hydrogen (secondary N) is 1. The minimum absolute atomic E-state index is 0.133. The lowest BCUT2D eigenvalue weighted by Gasteiger charge is -2.13. The van der Waals surface area contributed by atoms with Crippen molar-refractivity contribution in [2.24, 2.45) is 0 Å². The van der Waals surface area contributed by atoms with Gasteiger partial charge in [0.25, 0.3) is 5.91 Å². The van der Waals surface area contributed by atoms with Crippen molar-refractivity contribution in [1.82, 2.24) is 9.62 Å². The van der Waals surface area contributed by atoms with Crippen LogP contribution in [0.15, 0.2) is 23.1 Å². The molecule has 0 aliphatic carbocycles. The highest BCUT2D eigenvalue weighted by molar-refractivity contribution is 7.89. The summed E-state index contributed by atoms with van der Waals surface area (Å²) in [5.74, 6) is -0.230. The Kier molecular flexibility index (Phi) is 5.71. The van der Waals surface area contributed by atoms with Crippen LogP contribution in [0.1, 0.15) is 35.7 Å². The number of unbranched alkanes of at least 4 members (excludes halogenated alkanes) is 1. The zero-order valence-corrected chi connectivity index (χ0v) is 13.3. The van der Waals surface area contributed by atoms with Crippen molar-refractivity contribution in [2.75, 3.05) is 20.6 Å². The van der Waals surface area contributed by atoms with Gasteiger partial charge in [-0.2, -0.15) is 0 Å². The van der Waals surface area contributed by atoms with Gasteiger partial charge in [-0.25, -0.2) is 12.7 Å². The highest BCUT2D eigenvalue weighted by Gasteiger charge is 2.19. The number of carbonyl (C=O) groups excluding carboxylic acids is 1. The highest BCUT2D eigenvalue weighted by atomic mass is 32.2. The lowest BCUT2D eigenvalue weighted by atomic mass is 10.1. The summed E-state index contributed by atoms with van der Waals surface area (Å²) >= 11 is 0. The van der Waals surface area contributed by atoms with Gasteiger partial charge in [-0.3, -0.25) is 4.79 Å². The third-order valence-electron chi connectivity index (χ3n) is 3.05. The molecule has 1 N–H and O–H groups in total. The molecule has 0 saturated heterocycles. The second-order valence-electron chi connectivity index (χ2n) is 4.87. The number of rotatable bonds is 6. The lowest BCUT2D eigenvalue weighted by molar-refractivity contribution is 0.0952. The minimum atomic E-state index is -3.52. The van der Waals surface area contributed by atoms with Gasteiger partial charge in [0.1, 0.15) is 0 Å². The third-order valence-corrected chi connectivity index (χ3v) is 4.86. The number of hydrogen-bond donors (Lipinski definition) is 1. The lowest BCUT2D eigenvalue weighted by Crippen LogP contribution is -2.26. The van der Waals surface area contributed by atoms with Gasteiger partial charge in [0.05, 0.1) is 4.90 Å². The molecule has 0 aliphatic heterocycles. The van der Waals surface area contributed by atoms with Gasteiger partial charge in [0, 0.05) is 26.2 Å². The summed E-state index contributed by atoms with van der Waals surface area (Å²) in [6, 6.07) is 4.62. The molecular weight excluding hydrogens is 276 g/mol. The van der Waals surface area contributed by atoms with E-state index >= 15 is 0 Å². The zero-order chi connectivity index (χ0) is 15.3. The zero-order valence-electron chi connectivity index (χ0n) is 12.4. The third kappa shape index (κ3) is 3.80. The largest absolute Gasteiger partial charge is 0.352 e. The van der Waals surface area contributed by atoms with E-state index in [9.17, 15) is 13.2 Å². The molecule has 0 heterocycles. The number of hydrogen-bond acceptors (Lipinski definition) is 3. The van der Waals surface area contributed by atoms with Crippen LogP contribution in [0.4, 0.5) is 0 Å². The molecule has 6 heteroatoms. The van der Waals surface area contributed by atoms with E-state index < -0.39 is 10.0 Å². The molecule has 20 heavy (non-hydrogen) atoms. The van der Waals surface area contributed by atoms with Gasteiger partial charge in [0.15, 0.2) is 0 Å². The Morgan fingerprint density at radius 2 is 1.95 bits per heavy atom. The summed E-state index contributed by atoms with van der Waals surface area (Å²) in [6.45, 7) is 4.43. The average molecular weight is 298 g/mol. The molecule has 0 unspecified atom stereocenters. The first kappa shape index (κ1) is 16.7. The highest BCUT2D eigenvalue weighted by Crippen LogP contribution is 2.18. The molecule has 0 spiro atoms. The van der Waals surface area contributed by atoms with Gasteiger partial charge in [-0.15, -0.1) is 0 Å². The summed E-state index contributed by atoms with van der Waals surface area (Å²) in [4.78, 5) is 12.2. The van der Waals surface area contributed by atoms with Crippen LogP contribution < -0.4 is 5.32 Å². The number of benzene rings is 1. The SMILES string of the molecule is CCCCNC(=O)c1cc(S(=O)(=O)N(C)C)ccc1C. The molecule has 0 aromatic heterocycles. The fourth-order valence-corrected chi connectivity index (χ4v) is 2.62. The van der Waals surface area contributed by atoms with Gasteiger partial charge in [0.2, 0.25) is 10.0 Å². The Bertz CT molecular complexity index is 580. The molecule has 0 aliphatic rings. The van der Waals surface area contributed by atoms with Gasteiger partial charge in [-0.05, 0) is 31.0 Å². The molecule has 1 aromatic carbocycles. The Morgan fingerprint density at radius 1 is 1.30 bits per heavy atom. The Labute approximate surface area is 121 Å². The monoisotopic (exact) mass is 298 g/mol. The smallest absolute Gasteiger partial charge is 0.251 e. The van der Waals surface area contributed by atoms with E-state index in [0.29, 0.717) is 12.1 Å². The standard InChI is InChI=1S/C14H22N2O3S/c1-5-6-9-15-14(17)13-10-12(8-7-11(13)2)20(18,19)16(3)4/h7-8,10H,5-6,9H2,1-4H3,(H,15,17). The molecule has 0 radical (unpaired) electrons. The van der Waals surface area contributed by atoms with Crippen LogP contribution in [-0.4, -0.2) is 39.3 Å². The average Bonchev–Trinajstić information content (AvgIpc) is 2.38. The maximum absolute atomic E-state index is 12.1. The molecule has 1 amide bonds. The van der Waals surface area contributed by atoms with E-state index in [1.807, 2.05) is 6.92 Å².